The van der Waals surface area contributed by atoms with Crippen molar-refractivity contribution in [1.82, 2.24) is 0 Å². The quantitative estimate of drug-likeness (QED) is 0.797. The Morgan fingerprint density at radius 2 is 1.79 bits per heavy atom. The summed E-state index contributed by atoms with van der Waals surface area (Å²) >= 11 is 0. The van der Waals surface area contributed by atoms with Crippen LogP contribution < -0.4 is 18.9 Å². The molecular weight excluding hydrogens is 364 g/mol. The van der Waals surface area contributed by atoms with Crippen molar-refractivity contribution in [2.75, 3.05) is 27.6 Å². The smallest absolute Gasteiger partial charge is 0.309 e. The predicted octanol–water partition coefficient (Wildman–Crippen LogP) is 2.69. The van der Waals surface area contributed by atoms with E-state index in [2.05, 4.69) is 0 Å². The molecule has 2 aromatic rings. The van der Waals surface area contributed by atoms with E-state index in [1.165, 1.54) is 14.2 Å². The van der Waals surface area contributed by atoms with E-state index >= 15 is 0 Å². The summed E-state index contributed by atoms with van der Waals surface area (Å²) in [5, 5.41) is 10.7. The third-order valence-electron chi connectivity index (χ3n) is 5.83. The van der Waals surface area contributed by atoms with Gasteiger partial charge in [-0.3, -0.25) is 4.79 Å². The Morgan fingerprint density at radius 1 is 1.00 bits per heavy atom. The number of cyclic esters (lactones) is 1. The average molecular weight is 384 g/mol. The lowest BCUT2D eigenvalue weighted by atomic mass is 9.77. The molecule has 1 N–H and O–H groups in total. The molecule has 146 valence electrons. The zero-order valence-corrected chi connectivity index (χ0v) is 15.6. The summed E-state index contributed by atoms with van der Waals surface area (Å²) in [6.45, 7) is 0.572. The number of carbonyl (C=O) groups is 1. The standard InChI is InChI=1S/C21H20O7/c1-24-17-6-11-4-14-12(8-26-21(14)23)3-10-5-15-16(28-9-27-15)7-13(10)18(11)20(25-2)19(17)22/h5-7,12,14,22H,3-4,8-9H2,1-2H3/t12-,14+/m1/s1. The predicted molar refractivity (Wildman–Crippen MR) is 98.1 cm³/mol. The molecule has 7 heteroatoms. The van der Waals surface area contributed by atoms with E-state index in [1.54, 1.807) is 6.07 Å². The summed E-state index contributed by atoms with van der Waals surface area (Å²) in [5.41, 5.74) is 3.50. The van der Waals surface area contributed by atoms with Gasteiger partial charge in [0.1, 0.15) is 0 Å². The second-order valence-electron chi connectivity index (χ2n) is 7.26. The Bertz CT molecular complexity index is 981. The highest BCUT2D eigenvalue weighted by Gasteiger charge is 2.40. The van der Waals surface area contributed by atoms with Crippen molar-refractivity contribution in [3.8, 4) is 39.9 Å². The maximum Gasteiger partial charge on any atom is 0.309 e. The Kier molecular flexibility index (Phi) is 3.79. The van der Waals surface area contributed by atoms with E-state index in [9.17, 15) is 9.90 Å². The molecule has 0 aromatic heterocycles. The highest BCUT2D eigenvalue weighted by atomic mass is 16.7. The van der Waals surface area contributed by atoms with Crippen molar-refractivity contribution < 1.29 is 33.6 Å². The topological polar surface area (TPSA) is 83.5 Å². The number of rotatable bonds is 2. The van der Waals surface area contributed by atoms with Crippen LogP contribution in [0.2, 0.25) is 0 Å². The van der Waals surface area contributed by atoms with Gasteiger partial charge in [0.2, 0.25) is 12.5 Å². The number of ether oxygens (including phenoxy) is 5. The highest BCUT2D eigenvalue weighted by molar-refractivity contribution is 5.85. The monoisotopic (exact) mass is 384 g/mol. The van der Waals surface area contributed by atoms with Gasteiger partial charge in [0.05, 0.1) is 26.7 Å². The van der Waals surface area contributed by atoms with Gasteiger partial charge >= 0.3 is 5.97 Å². The molecule has 2 atom stereocenters. The minimum Gasteiger partial charge on any atom is -0.502 e. The molecule has 1 fully saturated rings. The summed E-state index contributed by atoms with van der Waals surface area (Å²) in [5.74, 6) is 1.52. The number of aromatic hydroxyl groups is 1. The molecule has 1 saturated heterocycles. The highest BCUT2D eigenvalue weighted by Crippen LogP contribution is 2.52. The third kappa shape index (κ3) is 2.38. The van der Waals surface area contributed by atoms with Crippen molar-refractivity contribution in [3.05, 3.63) is 29.3 Å². The van der Waals surface area contributed by atoms with Crippen LogP contribution in [0.25, 0.3) is 11.1 Å². The minimum atomic E-state index is -0.253. The minimum absolute atomic E-state index is 0.0708. The summed E-state index contributed by atoms with van der Waals surface area (Å²) < 4.78 is 27.4. The number of phenolic OH excluding ortho intramolecular Hbond substituents is 1. The summed E-state index contributed by atoms with van der Waals surface area (Å²) in [6.07, 6.45) is 1.15. The van der Waals surface area contributed by atoms with Crippen LogP contribution in [0.1, 0.15) is 11.1 Å². The molecule has 2 heterocycles. The van der Waals surface area contributed by atoms with Gasteiger partial charge in [-0.2, -0.15) is 0 Å². The molecule has 5 rings (SSSR count). The number of benzene rings is 2. The number of phenols is 1. The number of methoxy groups -OCH3 is 2. The van der Waals surface area contributed by atoms with Crippen LogP contribution in [0.3, 0.4) is 0 Å². The number of hydrogen-bond donors (Lipinski definition) is 1. The molecule has 3 aliphatic rings. The normalized spacial score (nSPS) is 21.7. The Morgan fingerprint density at radius 3 is 2.54 bits per heavy atom. The molecule has 0 bridgehead atoms. The first-order chi connectivity index (χ1) is 13.6. The Labute approximate surface area is 161 Å². The van der Waals surface area contributed by atoms with E-state index in [4.69, 9.17) is 23.7 Å². The van der Waals surface area contributed by atoms with Gasteiger partial charge in [0.15, 0.2) is 23.0 Å². The zero-order chi connectivity index (χ0) is 19.4. The summed E-state index contributed by atoms with van der Waals surface area (Å²) in [4.78, 5) is 12.4. The number of fused-ring (bicyclic) bond motifs is 5. The molecule has 0 unspecified atom stereocenters. The number of carbonyl (C=O) groups excluding carboxylic acids is 1. The molecular formula is C21H20O7. The second-order valence-corrected chi connectivity index (χ2v) is 7.26. The molecule has 0 saturated carbocycles. The van der Waals surface area contributed by atoms with E-state index in [-0.39, 0.29) is 30.3 Å². The van der Waals surface area contributed by atoms with Crippen LogP contribution in [0.15, 0.2) is 18.2 Å². The van der Waals surface area contributed by atoms with Gasteiger partial charge < -0.3 is 28.8 Å². The van der Waals surface area contributed by atoms with Gasteiger partial charge in [0, 0.05) is 11.5 Å². The molecule has 0 amide bonds. The molecule has 0 spiro atoms. The number of hydrogen-bond acceptors (Lipinski definition) is 7. The lowest BCUT2D eigenvalue weighted by Gasteiger charge is -2.26. The SMILES string of the molecule is COc1cc2c(c(OC)c1O)-c1cc3c(cc1C[C@@H]1COC(=O)[C@H]1C2)OCO3. The van der Waals surface area contributed by atoms with Crippen LogP contribution >= 0.6 is 0 Å². The lowest BCUT2D eigenvalue weighted by Crippen LogP contribution is -2.23. The van der Waals surface area contributed by atoms with Crippen LogP contribution in [0.4, 0.5) is 0 Å². The molecule has 28 heavy (non-hydrogen) atoms. The molecule has 2 aromatic carbocycles. The van der Waals surface area contributed by atoms with Gasteiger partial charge in [0.25, 0.3) is 0 Å². The lowest BCUT2D eigenvalue weighted by molar-refractivity contribution is -0.141. The molecule has 0 radical (unpaired) electrons. The van der Waals surface area contributed by atoms with Crippen LogP contribution in [0.5, 0.6) is 28.7 Å². The molecule has 7 nitrogen and oxygen atoms in total. The van der Waals surface area contributed by atoms with Gasteiger partial charge in [-0.15, -0.1) is 0 Å². The van der Waals surface area contributed by atoms with Crippen molar-refractivity contribution in [1.29, 1.82) is 0 Å². The second kappa shape index (κ2) is 6.22. The molecule has 1 aliphatic carbocycles. The number of esters is 1. The fourth-order valence-electron chi connectivity index (χ4n) is 4.45. The first-order valence-electron chi connectivity index (χ1n) is 9.17. The van der Waals surface area contributed by atoms with E-state index in [0.717, 1.165) is 22.3 Å². The largest absolute Gasteiger partial charge is 0.502 e. The van der Waals surface area contributed by atoms with E-state index in [1.807, 2.05) is 12.1 Å². The van der Waals surface area contributed by atoms with Gasteiger partial charge in [-0.1, -0.05) is 0 Å². The van der Waals surface area contributed by atoms with Gasteiger partial charge in [-0.05, 0) is 47.7 Å². The summed E-state index contributed by atoms with van der Waals surface area (Å²) in [6, 6.07) is 5.64. The van der Waals surface area contributed by atoms with Crippen LogP contribution in [0, 0.1) is 11.8 Å². The first kappa shape index (κ1) is 17.0. The van der Waals surface area contributed by atoms with E-state index < -0.39 is 0 Å². The zero-order valence-electron chi connectivity index (χ0n) is 15.6. The van der Waals surface area contributed by atoms with Crippen molar-refractivity contribution >= 4 is 5.97 Å². The summed E-state index contributed by atoms with van der Waals surface area (Å²) in [7, 11) is 3.00. The fraction of sp³-hybridized carbons (Fsp3) is 0.381. The first-order valence-corrected chi connectivity index (χ1v) is 9.17. The maximum absolute atomic E-state index is 12.4. The van der Waals surface area contributed by atoms with Crippen LogP contribution in [-0.4, -0.2) is 38.7 Å². The Hall–Kier alpha value is -3.09. The van der Waals surface area contributed by atoms with Crippen molar-refractivity contribution in [3.63, 3.8) is 0 Å². The molecule has 2 aliphatic heterocycles. The third-order valence-corrected chi connectivity index (χ3v) is 5.83. The maximum atomic E-state index is 12.4. The Balaban J connectivity index is 1.81. The van der Waals surface area contributed by atoms with Crippen molar-refractivity contribution in [2.45, 2.75) is 12.8 Å². The van der Waals surface area contributed by atoms with Gasteiger partial charge in [-0.25, -0.2) is 0 Å². The van der Waals surface area contributed by atoms with Crippen molar-refractivity contribution in [2.24, 2.45) is 11.8 Å². The fourth-order valence-corrected chi connectivity index (χ4v) is 4.45. The average Bonchev–Trinajstić information content (AvgIpc) is 3.27. The van der Waals surface area contributed by atoms with E-state index in [0.29, 0.717) is 42.4 Å². The van der Waals surface area contributed by atoms with Crippen LogP contribution in [-0.2, 0) is 22.4 Å².